The summed E-state index contributed by atoms with van der Waals surface area (Å²) in [6, 6.07) is -0.125. The van der Waals surface area contributed by atoms with Crippen LogP contribution >= 0.6 is 0 Å². The molecule has 0 saturated heterocycles. The molecule has 0 aromatic heterocycles. The normalized spacial score (nSPS) is 16.9. The van der Waals surface area contributed by atoms with Gasteiger partial charge in [-0.1, -0.05) is 0 Å². The summed E-state index contributed by atoms with van der Waals surface area (Å²) in [5, 5.41) is 0. The van der Waals surface area contributed by atoms with E-state index < -0.39 is 9.84 Å². The Labute approximate surface area is 79.5 Å². The lowest BCUT2D eigenvalue weighted by Gasteiger charge is -2.21. The highest BCUT2D eigenvalue weighted by atomic mass is 32.2. The van der Waals surface area contributed by atoms with E-state index in [0.29, 0.717) is 6.42 Å². The zero-order valence-electron chi connectivity index (χ0n) is 8.28. The molecule has 0 fully saturated rings. The number of hydrazine groups is 1. The van der Waals surface area contributed by atoms with E-state index in [2.05, 4.69) is 5.43 Å². The minimum Gasteiger partial charge on any atom is -0.380 e. The van der Waals surface area contributed by atoms with Crippen molar-refractivity contribution < 1.29 is 13.2 Å². The number of ether oxygens (including phenoxy) is 1. The minimum absolute atomic E-state index is 0.0910. The fourth-order valence-corrected chi connectivity index (χ4v) is 1.64. The zero-order chi connectivity index (χ0) is 10.5. The average Bonchev–Trinajstić information content (AvgIpc) is 2.03. The molecule has 13 heavy (non-hydrogen) atoms. The van der Waals surface area contributed by atoms with Crippen LogP contribution in [0.1, 0.15) is 13.3 Å². The van der Waals surface area contributed by atoms with Crippen LogP contribution in [-0.4, -0.2) is 39.7 Å². The first-order valence-corrected chi connectivity index (χ1v) is 6.13. The van der Waals surface area contributed by atoms with Crippen LogP contribution in [0.2, 0.25) is 0 Å². The van der Waals surface area contributed by atoms with Crippen molar-refractivity contribution in [2.75, 3.05) is 19.1 Å². The van der Waals surface area contributed by atoms with Crippen LogP contribution in [0.3, 0.4) is 0 Å². The Balaban J connectivity index is 4.00. The van der Waals surface area contributed by atoms with Gasteiger partial charge in [0, 0.05) is 19.4 Å². The van der Waals surface area contributed by atoms with Crippen molar-refractivity contribution in [1.82, 2.24) is 5.43 Å². The molecule has 0 aliphatic carbocycles. The van der Waals surface area contributed by atoms with Gasteiger partial charge in [-0.2, -0.15) is 0 Å². The second kappa shape index (κ2) is 5.54. The minimum atomic E-state index is -2.92. The molecule has 0 spiro atoms. The van der Waals surface area contributed by atoms with Gasteiger partial charge < -0.3 is 4.74 Å². The van der Waals surface area contributed by atoms with Crippen molar-refractivity contribution in [3.05, 3.63) is 0 Å². The Bertz CT molecular complexity index is 228. The molecule has 0 radical (unpaired) electrons. The smallest absolute Gasteiger partial charge is 0.147 e. The highest BCUT2D eigenvalue weighted by Crippen LogP contribution is 2.03. The fraction of sp³-hybridized carbons (Fsp3) is 1.00. The third kappa shape index (κ3) is 5.98. The van der Waals surface area contributed by atoms with Crippen molar-refractivity contribution in [2.45, 2.75) is 25.5 Å². The Morgan fingerprint density at radius 3 is 2.38 bits per heavy atom. The predicted octanol–water partition coefficient (Wildman–Crippen LogP) is -0.712. The van der Waals surface area contributed by atoms with E-state index in [1.807, 2.05) is 6.92 Å². The number of hydrogen-bond acceptors (Lipinski definition) is 5. The summed E-state index contributed by atoms with van der Waals surface area (Å²) in [7, 11) is -1.36. The molecule has 0 aromatic rings. The number of methoxy groups -OCH3 is 1. The van der Waals surface area contributed by atoms with E-state index in [1.54, 1.807) is 7.11 Å². The molecule has 0 rings (SSSR count). The lowest BCUT2D eigenvalue weighted by molar-refractivity contribution is 0.0821. The molecule has 0 amide bonds. The van der Waals surface area contributed by atoms with E-state index in [-0.39, 0.29) is 17.9 Å². The predicted molar refractivity (Wildman–Crippen MR) is 51.9 cm³/mol. The third-order valence-electron chi connectivity index (χ3n) is 1.95. The van der Waals surface area contributed by atoms with E-state index in [0.717, 1.165) is 0 Å². The van der Waals surface area contributed by atoms with Crippen LogP contribution in [0.5, 0.6) is 0 Å². The van der Waals surface area contributed by atoms with Gasteiger partial charge in [0.15, 0.2) is 0 Å². The lowest BCUT2D eigenvalue weighted by atomic mass is 10.1. The lowest BCUT2D eigenvalue weighted by Crippen LogP contribution is -2.44. The summed E-state index contributed by atoms with van der Waals surface area (Å²) in [5.41, 5.74) is 2.54. The van der Waals surface area contributed by atoms with Gasteiger partial charge in [-0.3, -0.25) is 11.3 Å². The topological polar surface area (TPSA) is 81.4 Å². The quantitative estimate of drug-likeness (QED) is 0.447. The highest BCUT2D eigenvalue weighted by molar-refractivity contribution is 7.90. The summed E-state index contributed by atoms with van der Waals surface area (Å²) >= 11 is 0. The van der Waals surface area contributed by atoms with Gasteiger partial charge in [-0.05, 0) is 13.3 Å². The van der Waals surface area contributed by atoms with Gasteiger partial charge in [0.2, 0.25) is 0 Å². The molecule has 6 heteroatoms. The third-order valence-corrected chi connectivity index (χ3v) is 2.93. The number of sulfone groups is 1. The van der Waals surface area contributed by atoms with Crippen molar-refractivity contribution in [3.63, 3.8) is 0 Å². The van der Waals surface area contributed by atoms with Gasteiger partial charge in [0.25, 0.3) is 0 Å². The second-order valence-corrected chi connectivity index (χ2v) is 5.39. The summed E-state index contributed by atoms with van der Waals surface area (Å²) in [6.45, 7) is 1.84. The first kappa shape index (κ1) is 12.8. The molecule has 2 atom stereocenters. The van der Waals surface area contributed by atoms with Crippen molar-refractivity contribution in [3.8, 4) is 0 Å². The molecule has 80 valence electrons. The van der Waals surface area contributed by atoms with Gasteiger partial charge in [0.1, 0.15) is 9.84 Å². The van der Waals surface area contributed by atoms with Gasteiger partial charge in [-0.25, -0.2) is 8.42 Å². The van der Waals surface area contributed by atoms with Crippen LogP contribution in [-0.2, 0) is 14.6 Å². The summed E-state index contributed by atoms with van der Waals surface area (Å²) < 4.78 is 26.7. The molecule has 0 heterocycles. The van der Waals surface area contributed by atoms with Crippen LogP contribution in [0, 0.1) is 0 Å². The zero-order valence-corrected chi connectivity index (χ0v) is 9.10. The molecule has 2 unspecified atom stereocenters. The Morgan fingerprint density at radius 1 is 1.54 bits per heavy atom. The second-order valence-electron chi connectivity index (χ2n) is 3.13. The molecule has 3 N–H and O–H groups in total. The van der Waals surface area contributed by atoms with Crippen LogP contribution in [0.15, 0.2) is 0 Å². The average molecular weight is 210 g/mol. The standard InChI is InChI=1S/C7H18N2O3S/c1-6(12-2)7(9-8)4-5-13(3,10)11/h6-7,9H,4-5,8H2,1-3H3. The monoisotopic (exact) mass is 210 g/mol. The molecule has 0 saturated carbocycles. The summed E-state index contributed by atoms with van der Waals surface area (Å²) in [6.07, 6.45) is 1.58. The summed E-state index contributed by atoms with van der Waals surface area (Å²) in [5.74, 6) is 5.37. The fourth-order valence-electron chi connectivity index (χ4n) is 0.959. The van der Waals surface area contributed by atoms with Gasteiger partial charge in [0.05, 0.1) is 11.9 Å². The van der Waals surface area contributed by atoms with Crippen molar-refractivity contribution >= 4 is 9.84 Å². The Hall–Kier alpha value is -0.170. The van der Waals surface area contributed by atoms with Crippen LogP contribution in [0.4, 0.5) is 0 Å². The van der Waals surface area contributed by atoms with Crippen LogP contribution < -0.4 is 11.3 Å². The van der Waals surface area contributed by atoms with E-state index in [1.165, 1.54) is 6.26 Å². The number of rotatable bonds is 6. The van der Waals surface area contributed by atoms with Crippen LogP contribution in [0.25, 0.3) is 0 Å². The van der Waals surface area contributed by atoms with Gasteiger partial charge >= 0.3 is 0 Å². The molecular formula is C7H18N2O3S. The molecular weight excluding hydrogens is 192 g/mol. The molecule has 0 aliphatic heterocycles. The number of nitrogens with two attached hydrogens (primary N) is 1. The molecule has 0 bridgehead atoms. The first-order chi connectivity index (χ1) is 5.90. The maximum atomic E-state index is 10.9. The largest absolute Gasteiger partial charge is 0.380 e. The van der Waals surface area contributed by atoms with E-state index >= 15 is 0 Å². The van der Waals surface area contributed by atoms with Crippen molar-refractivity contribution in [2.24, 2.45) is 5.84 Å². The Kier molecular flexibility index (Phi) is 5.46. The molecule has 5 nitrogen and oxygen atoms in total. The molecule has 0 aromatic carbocycles. The summed E-state index contributed by atoms with van der Waals surface area (Å²) in [4.78, 5) is 0. The number of nitrogens with one attached hydrogen (secondary N) is 1. The number of hydrogen-bond donors (Lipinski definition) is 2. The highest BCUT2D eigenvalue weighted by Gasteiger charge is 2.16. The van der Waals surface area contributed by atoms with E-state index in [4.69, 9.17) is 10.6 Å². The first-order valence-electron chi connectivity index (χ1n) is 4.07. The van der Waals surface area contributed by atoms with Crippen molar-refractivity contribution in [1.29, 1.82) is 0 Å². The maximum Gasteiger partial charge on any atom is 0.147 e. The Morgan fingerprint density at radius 2 is 2.08 bits per heavy atom. The SMILES string of the molecule is COC(C)C(CCS(C)(=O)=O)NN. The maximum absolute atomic E-state index is 10.9. The van der Waals surface area contributed by atoms with Gasteiger partial charge in [-0.15, -0.1) is 0 Å². The molecule has 0 aliphatic rings. The van der Waals surface area contributed by atoms with E-state index in [9.17, 15) is 8.42 Å².